The second-order valence-electron chi connectivity index (χ2n) is 4.52. The van der Waals surface area contributed by atoms with E-state index in [0.717, 1.165) is 12.8 Å². The number of carbonyl (C=O) groups excluding carboxylic acids is 1. The summed E-state index contributed by atoms with van der Waals surface area (Å²) in [5, 5.41) is 7.99. The normalized spacial score (nSPS) is 9.61. The molecule has 4 heteroatoms. The van der Waals surface area contributed by atoms with Crippen molar-refractivity contribution in [2.45, 2.75) is 66.2 Å². The number of hydrogen-bond donors (Lipinski definition) is 1. The predicted octanol–water partition coefficient (Wildman–Crippen LogP) is 3.64. The number of esters is 1. The molecule has 0 spiro atoms. The molecule has 0 aliphatic rings. The van der Waals surface area contributed by atoms with Crippen molar-refractivity contribution in [3.05, 3.63) is 0 Å². The van der Waals surface area contributed by atoms with Crippen molar-refractivity contribution in [3.63, 3.8) is 0 Å². The summed E-state index contributed by atoms with van der Waals surface area (Å²) in [6.07, 6.45) is 6.11. The monoisotopic (exact) mass is 260 g/mol. The summed E-state index contributed by atoms with van der Waals surface area (Å²) in [6.45, 7) is 8.05. The van der Waals surface area contributed by atoms with E-state index in [1.807, 2.05) is 6.92 Å². The topological polar surface area (TPSA) is 63.6 Å². The molecule has 0 amide bonds. The number of carboxylic acid groups (broad SMARTS) is 1. The Kier molecular flexibility index (Phi) is 15.0. The van der Waals surface area contributed by atoms with Gasteiger partial charge in [-0.05, 0) is 12.8 Å². The number of ether oxygens (including phenoxy) is 1. The first-order valence-corrected chi connectivity index (χ1v) is 6.84. The molecule has 0 aliphatic heterocycles. The van der Waals surface area contributed by atoms with Crippen molar-refractivity contribution < 1.29 is 19.4 Å². The summed E-state index contributed by atoms with van der Waals surface area (Å²) >= 11 is 0. The average Bonchev–Trinajstić information content (AvgIpc) is 2.30. The van der Waals surface area contributed by atoms with Crippen LogP contribution in [0.3, 0.4) is 0 Å². The van der Waals surface area contributed by atoms with Crippen LogP contribution in [0, 0.1) is 5.92 Å². The molecule has 0 aliphatic carbocycles. The van der Waals surface area contributed by atoms with Crippen molar-refractivity contribution in [2.75, 3.05) is 6.61 Å². The Morgan fingerprint density at radius 3 is 2.00 bits per heavy atom. The molecular formula is C14H28O4. The summed E-state index contributed by atoms with van der Waals surface area (Å²) < 4.78 is 4.99. The van der Waals surface area contributed by atoms with Gasteiger partial charge in [-0.3, -0.25) is 9.59 Å². The first-order chi connectivity index (χ1) is 8.45. The van der Waals surface area contributed by atoms with Gasteiger partial charge < -0.3 is 9.84 Å². The maximum absolute atomic E-state index is 10.9. The zero-order valence-electron chi connectivity index (χ0n) is 12.2. The fourth-order valence-corrected chi connectivity index (χ4v) is 0.991. The molecule has 0 rings (SSSR count). The van der Waals surface area contributed by atoms with E-state index in [9.17, 15) is 9.59 Å². The van der Waals surface area contributed by atoms with Crippen LogP contribution >= 0.6 is 0 Å². The predicted molar refractivity (Wildman–Crippen MR) is 72.5 cm³/mol. The number of carbonyl (C=O) groups is 2. The average molecular weight is 260 g/mol. The van der Waals surface area contributed by atoms with Crippen LogP contribution < -0.4 is 0 Å². The Bertz CT molecular complexity index is 212. The number of unbranched alkanes of at least 4 members (excludes halogenated alkanes) is 3. The number of hydrogen-bond acceptors (Lipinski definition) is 3. The lowest BCUT2D eigenvalue weighted by Crippen LogP contribution is -2.04. The Morgan fingerprint density at radius 2 is 1.61 bits per heavy atom. The van der Waals surface area contributed by atoms with E-state index >= 15 is 0 Å². The molecule has 0 fully saturated rings. The van der Waals surface area contributed by atoms with Crippen LogP contribution in [0.15, 0.2) is 0 Å². The van der Waals surface area contributed by atoms with Crippen LogP contribution in [0.25, 0.3) is 0 Å². The van der Waals surface area contributed by atoms with Crippen molar-refractivity contribution in [1.29, 1.82) is 0 Å². The third-order valence-corrected chi connectivity index (χ3v) is 2.21. The van der Waals surface area contributed by atoms with Crippen LogP contribution in [0.2, 0.25) is 0 Å². The van der Waals surface area contributed by atoms with Gasteiger partial charge in [-0.25, -0.2) is 0 Å². The highest BCUT2D eigenvalue weighted by Gasteiger charge is 1.99. The van der Waals surface area contributed by atoms with Crippen molar-refractivity contribution in [1.82, 2.24) is 0 Å². The van der Waals surface area contributed by atoms with E-state index in [-0.39, 0.29) is 11.9 Å². The molecule has 18 heavy (non-hydrogen) atoms. The van der Waals surface area contributed by atoms with Gasteiger partial charge in [-0.15, -0.1) is 0 Å². The Labute approximate surface area is 111 Å². The zero-order valence-corrected chi connectivity index (χ0v) is 12.2. The molecule has 0 aromatic heterocycles. The molecule has 0 bridgehead atoms. The standard InChI is InChI=1S/C10H20O2.C4H8O2/c1-3-5-6-7-9-12-10(11)8-4-2;1-3(2)4(5)6/h3-9H2,1-2H3;3H,1-2H3,(H,5,6). The molecule has 0 atom stereocenters. The maximum Gasteiger partial charge on any atom is 0.305 e. The highest BCUT2D eigenvalue weighted by molar-refractivity contribution is 5.69. The minimum absolute atomic E-state index is 0.0472. The lowest BCUT2D eigenvalue weighted by molar-refractivity contribution is -0.144. The van der Waals surface area contributed by atoms with Gasteiger partial charge in [0.2, 0.25) is 0 Å². The molecule has 0 saturated carbocycles. The second-order valence-corrected chi connectivity index (χ2v) is 4.52. The minimum Gasteiger partial charge on any atom is -0.481 e. The van der Waals surface area contributed by atoms with Crippen LogP contribution in [0.1, 0.15) is 66.2 Å². The number of rotatable bonds is 8. The van der Waals surface area contributed by atoms with Gasteiger partial charge in [0.05, 0.1) is 12.5 Å². The fourth-order valence-electron chi connectivity index (χ4n) is 0.991. The number of aliphatic carboxylic acids is 1. The van der Waals surface area contributed by atoms with Gasteiger partial charge in [-0.1, -0.05) is 47.0 Å². The lowest BCUT2D eigenvalue weighted by atomic mass is 10.2. The molecule has 0 saturated heterocycles. The summed E-state index contributed by atoms with van der Waals surface area (Å²) in [5.41, 5.74) is 0. The Morgan fingerprint density at radius 1 is 1.06 bits per heavy atom. The summed E-state index contributed by atoms with van der Waals surface area (Å²) in [6, 6.07) is 0. The minimum atomic E-state index is -0.741. The smallest absolute Gasteiger partial charge is 0.305 e. The third-order valence-electron chi connectivity index (χ3n) is 2.21. The molecule has 0 heterocycles. The fraction of sp³-hybridized carbons (Fsp3) is 0.857. The summed E-state index contributed by atoms with van der Waals surface area (Å²) in [7, 11) is 0. The number of carboxylic acids is 1. The second kappa shape index (κ2) is 14.0. The van der Waals surface area contributed by atoms with Crippen LogP contribution in [0.5, 0.6) is 0 Å². The molecule has 108 valence electrons. The van der Waals surface area contributed by atoms with Crippen molar-refractivity contribution in [2.24, 2.45) is 5.92 Å². The molecule has 0 unspecified atom stereocenters. The largest absolute Gasteiger partial charge is 0.481 e. The molecule has 0 radical (unpaired) electrons. The summed E-state index contributed by atoms with van der Waals surface area (Å²) in [5.74, 6) is -1.02. The van der Waals surface area contributed by atoms with E-state index in [4.69, 9.17) is 9.84 Å². The van der Waals surface area contributed by atoms with Crippen LogP contribution in [0.4, 0.5) is 0 Å². The quantitative estimate of drug-likeness (QED) is 0.534. The van der Waals surface area contributed by atoms with Gasteiger partial charge in [0.1, 0.15) is 0 Å². The molecule has 4 nitrogen and oxygen atoms in total. The molecule has 0 aromatic carbocycles. The van der Waals surface area contributed by atoms with Gasteiger partial charge in [-0.2, -0.15) is 0 Å². The summed E-state index contributed by atoms with van der Waals surface area (Å²) in [4.78, 5) is 20.6. The SMILES string of the molecule is CC(C)C(=O)O.CCCCCCOC(=O)CCC. The third kappa shape index (κ3) is 17.3. The van der Waals surface area contributed by atoms with E-state index < -0.39 is 5.97 Å². The van der Waals surface area contributed by atoms with Crippen molar-refractivity contribution >= 4 is 11.9 Å². The molecule has 1 N–H and O–H groups in total. The van der Waals surface area contributed by atoms with Crippen LogP contribution in [-0.2, 0) is 14.3 Å². The molecular weight excluding hydrogens is 232 g/mol. The van der Waals surface area contributed by atoms with E-state index in [2.05, 4.69) is 6.92 Å². The van der Waals surface area contributed by atoms with Crippen LogP contribution in [-0.4, -0.2) is 23.7 Å². The lowest BCUT2D eigenvalue weighted by Gasteiger charge is -2.02. The molecule has 0 aromatic rings. The zero-order chi connectivity index (χ0) is 14.4. The first kappa shape index (κ1) is 19.3. The van der Waals surface area contributed by atoms with Gasteiger partial charge in [0, 0.05) is 6.42 Å². The van der Waals surface area contributed by atoms with Gasteiger partial charge >= 0.3 is 11.9 Å². The van der Waals surface area contributed by atoms with Crippen molar-refractivity contribution in [3.8, 4) is 0 Å². The van der Waals surface area contributed by atoms with E-state index in [1.54, 1.807) is 13.8 Å². The van der Waals surface area contributed by atoms with Gasteiger partial charge in [0.25, 0.3) is 0 Å². The highest BCUT2D eigenvalue weighted by Crippen LogP contribution is 2.00. The van der Waals surface area contributed by atoms with E-state index in [0.29, 0.717) is 13.0 Å². The van der Waals surface area contributed by atoms with E-state index in [1.165, 1.54) is 19.3 Å². The Balaban J connectivity index is 0. The highest BCUT2D eigenvalue weighted by atomic mass is 16.5. The van der Waals surface area contributed by atoms with Gasteiger partial charge in [0.15, 0.2) is 0 Å². The Hall–Kier alpha value is -1.06. The first-order valence-electron chi connectivity index (χ1n) is 6.84. The maximum atomic E-state index is 10.9.